The van der Waals surface area contributed by atoms with Gasteiger partial charge < -0.3 is 11.1 Å². The largest absolute Gasteiger partial charge is 0.397 e. The number of nitrogens with one attached hydrogen (secondary N) is 1. The number of anilines is 3. The van der Waals surface area contributed by atoms with E-state index in [-0.39, 0.29) is 11.4 Å². The summed E-state index contributed by atoms with van der Waals surface area (Å²) < 4.78 is 66.5. The smallest absolute Gasteiger partial charge is 0.200 e. The molecule has 2 nitrogen and oxygen atoms in total. The molecule has 0 aliphatic rings. The van der Waals surface area contributed by atoms with Crippen LogP contribution in [-0.4, -0.2) is 0 Å². The molecule has 0 heterocycles. The van der Waals surface area contributed by atoms with Crippen molar-refractivity contribution in [3.05, 3.63) is 51.8 Å². The van der Waals surface area contributed by atoms with E-state index in [9.17, 15) is 22.0 Å². The Kier molecular flexibility index (Phi) is 3.85. The molecule has 3 N–H and O–H groups in total. The monoisotopic (exact) mass is 352 g/mol. The van der Waals surface area contributed by atoms with Crippen LogP contribution in [0.2, 0.25) is 0 Å². The zero-order chi connectivity index (χ0) is 15.0. The zero-order valence-corrected chi connectivity index (χ0v) is 11.2. The molecule has 106 valence electrons. The fourth-order valence-corrected chi connectivity index (χ4v) is 1.85. The van der Waals surface area contributed by atoms with Gasteiger partial charge >= 0.3 is 0 Å². The molecule has 2 rings (SSSR count). The van der Waals surface area contributed by atoms with E-state index in [0.29, 0.717) is 4.47 Å². The molecule has 0 radical (unpaired) electrons. The van der Waals surface area contributed by atoms with Crippen molar-refractivity contribution in [3.8, 4) is 0 Å². The second-order valence-electron chi connectivity index (χ2n) is 3.80. The molecule has 0 amide bonds. The van der Waals surface area contributed by atoms with E-state index >= 15 is 0 Å². The van der Waals surface area contributed by atoms with Crippen molar-refractivity contribution >= 4 is 33.0 Å². The topological polar surface area (TPSA) is 38.0 Å². The Bertz CT molecular complexity index is 661. The number of halogens is 6. The Hall–Kier alpha value is -1.83. The van der Waals surface area contributed by atoms with Crippen molar-refractivity contribution in [3.63, 3.8) is 0 Å². The molecule has 0 unspecified atom stereocenters. The van der Waals surface area contributed by atoms with E-state index in [1.807, 2.05) is 0 Å². The van der Waals surface area contributed by atoms with Gasteiger partial charge in [-0.1, -0.05) is 15.9 Å². The Morgan fingerprint density at radius 3 is 1.90 bits per heavy atom. The van der Waals surface area contributed by atoms with Gasteiger partial charge in [0.2, 0.25) is 5.82 Å². The zero-order valence-electron chi connectivity index (χ0n) is 9.58. The summed E-state index contributed by atoms with van der Waals surface area (Å²) in [7, 11) is 0. The lowest BCUT2D eigenvalue weighted by atomic mass is 10.2. The number of hydrogen-bond acceptors (Lipinski definition) is 2. The summed E-state index contributed by atoms with van der Waals surface area (Å²) in [4.78, 5) is 0. The van der Waals surface area contributed by atoms with E-state index < -0.39 is 34.8 Å². The Labute approximate surface area is 118 Å². The van der Waals surface area contributed by atoms with Crippen molar-refractivity contribution in [1.29, 1.82) is 0 Å². The predicted octanol–water partition coefficient (Wildman–Crippen LogP) is 4.47. The minimum Gasteiger partial charge on any atom is -0.397 e. The Morgan fingerprint density at radius 2 is 1.35 bits per heavy atom. The number of hydrogen-bond donors (Lipinski definition) is 2. The average molecular weight is 353 g/mol. The molecule has 0 aliphatic carbocycles. The van der Waals surface area contributed by atoms with Crippen molar-refractivity contribution in [2.75, 3.05) is 11.1 Å². The van der Waals surface area contributed by atoms with Crippen LogP contribution < -0.4 is 11.1 Å². The highest BCUT2D eigenvalue weighted by Crippen LogP contribution is 2.32. The van der Waals surface area contributed by atoms with Crippen LogP contribution >= 0.6 is 15.9 Å². The molecule has 8 heteroatoms. The van der Waals surface area contributed by atoms with E-state index in [4.69, 9.17) is 5.73 Å². The number of rotatable bonds is 2. The lowest BCUT2D eigenvalue weighted by molar-refractivity contribution is 0.382. The van der Waals surface area contributed by atoms with Crippen LogP contribution in [0.25, 0.3) is 0 Å². The quantitative estimate of drug-likeness (QED) is 0.362. The van der Waals surface area contributed by atoms with Gasteiger partial charge in [-0.25, -0.2) is 22.0 Å². The fraction of sp³-hybridized carbons (Fsp3) is 0. The molecule has 2 aromatic carbocycles. The molecule has 0 spiro atoms. The summed E-state index contributed by atoms with van der Waals surface area (Å²) in [6.45, 7) is 0. The molecular weight excluding hydrogens is 347 g/mol. The highest BCUT2D eigenvalue weighted by Gasteiger charge is 2.26. The maximum absolute atomic E-state index is 13.5. The third-order valence-electron chi connectivity index (χ3n) is 2.48. The maximum atomic E-state index is 13.5. The first-order chi connectivity index (χ1) is 9.32. The number of nitrogens with two attached hydrogens (primary N) is 1. The van der Waals surface area contributed by atoms with Crippen molar-refractivity contribution in [2.45, 2.75) is 0 Å². The van der Waals surface area contributed by atoms with Crippen LogP contribution in [0.4, 0.5) is 39.0 Å². The first-order valence-electron chi connectivity index (χ1n) is 5.16. The van der Waals surface area contributed by atoms with Crippen LogP contribution in [0.1, 0.15) is 0 Å². The van der Waals surface area contributed by atoms with Crippen molar-refractivity contribution < 1.29 is 22.0 Å². The third-order valence-corrected chi connectivity index (χ3v) is 2.98. The molecule has 20 heavy (non-hydrogen) atoms. The van der Waals surface area contributed by atoms with Gasteiger partial charge in [-0.2, -0.15) is 0 Å². The first kappa shape index (κ1) is 14.6. The van der Waals surface area contributed by atoms with Gasteiger partial charge in [-0.3, -0.25) is 0 Å². The molecule has 0 bridgehead atoms. The molecule has 0 saturated carbocycles. The summed E-state index contributed by atoms with van der Waals surface area (Å²) >= 11 is 3.10. The fourth-order valence-electron chi connectivity index (χ4n) is 1.49. The van der Waals surface area contributed by atoms with Gasteiger partial charge in [0.15, 0.2) is 23.3 Å². The van der Waals surface area contributed by atoms with E-state index in [1.54, 1.807) is 6.07 Å². The molecule has 0 saturated heterocycles. The lowest BCUT2D eigenvalue weighted by Gasteiger charge is -2.12. The second-order valence-corrected chi connectivity index (χ2v) is 4.72. The molecule has 0 aromatic heterocycles. The van der Waals surface area contributed by atoms with E-state index in [0.717, 1.165) is 0 Å². The van der Waals surface area contributed by atoms with E-state index in [1.165, 1.54) is 12.1 Å². The average Bonchev–Trinajstić information content (AvgIpc) is 2.43. The summed E-state index contributed by atoms with van der Waals surface area (Å²) in [6.07, 6.45) is 0. The second kappa shape index (κ2) is 5.28. The highest BCUT2D eigenvalue weighted by molar-refractivity contribution is 9.10. The van der Waals surface area contributed by atoms with Gasteiger partial charge in [-0.05, 0) is 18.2 Å². The van der Waals surface area contributed by atoms with E-state index in [2.05, 4.69) is 21.2 Å². The van der Waals surface area contributed by atoms with Gasteiger partial charge in [-0.15, -0.1) is 0 Å². The Balaban J connectivity index is 2.57. The minimum absolute atomic E-state index is 0.00239. The molecule has 2 aromatic rings. The van der Waals surface area contributed by atoms with Gasteiger partial charge in [0, 0.05) is 4.47 Å². The van der Waals surface area contributed by atoms with Crippen molar-refractivity contribution in [2.24, 2.45) is 0 Å². The van der Waals surface area contributed by atoms with Gasteiger partial charge in [0.1, 0.15) is 5.69 Å². The van der Waals surface area contributed by atoms with Crippen LogP contribution in [0, 0.1) is 29.1 Å². The van der Waals surface area contributed by atoms with Gasteiger partial charge in [0.05, 0.1) is 11.4 Å². The summed E-state index contributed by atoms with van der Waals surface area (Å²) in [5.74, 6) is -10.2. The van der Waals surface area contributed by atoms with Crippen molar-refractivity contribution in [1.82, 2.24) is 0 Å². The number of benzene rings is 2. The lowest BCUT2D eigenvalue weighted by Crippen LogP contribution is -2.07. The van der Waals surface area contributed by atoms with Crippen LogP contribution in [-0.2, 0) is 0 Å². The molecular formula is C12H6BrF5N2. The molecule has 0 aliphatic heterocycles. The molecule has 0 fully saturated rings. The highest BCUT2D eigenvalue weighted by atomic mass is 79.9. The predicted molar refractivity (Wildman–Crippen MR) is 68.1 cm³/mol. The minimum atomic E-state index is -2.22. The standard InChI is InChI=1S/C12H6BrF5N2/c13-4-1-2-5(19)6(3-4)20-12-10(17)8(15)7(14)9(16)11(12)18/h1-3,20H,19H2. The summed E-state index contributed by atoms with van der Waals surface area (Å²) in [5, 5.41) is 2.11. The molecule has 0 atom stereocenters. The maximum Gasteiger partial charge on any atom is 0.200 e. The summed E-state index contributed by atoms with van der Waals surface area (Å²) in [6, 6.07) is 4.30. The van der Waals surface area contributed by atoms with Gasteiger partial charge in [0.25, 0.3) is 0 Å². The van der Waals surface area contributed by atoms with Crippen LogP contribution in [0.15, 0.2) is 22.7 Å². The first-order valence-corrected chi connectivity index (χ1v) is 5.95. The Morgan fingerprint density at radius 1 is 0.850 bits per heavy atom. The van der Waals surface area contributed by atoms with Crippen LogP contribution in [0.3, 0.4) is 0 Å². The number of nitrogen functional groups attached to an aromatic ring is 1. The normalized spacial score (nSPS) is 10.7. The summed E-state index contributed by atoms with van der Waals surface area (Å²) in [5.41, 5.74) is 4.48. The third kappa shape index (κ3) is 2.43. The van der Waals surface area contributed by atoms with Crippen LogP contribution in [0.5, 0.6) is 0 Å². The SMILES string of the molecule is Nc1ccc(Br)cc1Nc1c(F)c(F)c(F)c(F)c1F.